The van der Waals surface area contributed by atoms with Crippen molar-refractivity contribution in [1.82, 2.24) is 15.0 Å². The van der Waals surface area contributed by atoms with Crippen molar-refractivity contribution in [3.63, 3.8) is 0 Å². The van der Waals surface area contributed by atoms with E-state index in [1.165, 1.54) is 0 Å². The number of rotatable bonds is 8. The van der Waals surface area contributed by atoms with E-state index in [1.54, 1.807) is 0 Å². The molecule has 2 aromatic carbocycles. The average Bonchev–Trinajstić information content (AvgIpc) is 3.19. The van der Waals surface area contributed by atoms with Gasteiger partial charge >= 0.3 is 0 Å². The van der Waals surface area contributed by atoms with E-state index < -0.39 is 0 Å². The minimum atomic E-state index is 0.169. The predicted octanol–water partition coefficient (Wildman–Crippen LogP) is 4.17. The molecular formula is C24H28N4O2. The van der Waals surface area contributed by atoms with E-state index in [4.69, 9.17) is 4.52 Å². The van der Waals surface area contributed by atoms with Crippen LogP contribution in [-0.2, 0) is 17.8 Å². The fourth-order valence-corrected chi connectivity index (χ4v) is 3.60. The van der Waals surface area contributed by atoms with Gasteiger partial charge in [0, 0.05) is 50.8 Å². The van der Waals surface area contributed by atoms with Crippen LogP contribution in [-0.4, -0.2) is 41.6 Å². The van der Waals surface area contributed by atoms with Gasteiger partial charge in [-0.2, -0.15) is 4.98 Å². The van der Waals surface area contributed by atoms with E-state index in [0.717, 1.165) is 36.1 Å². The first-order valence-electron chi connectivity index (χ1n) is 10.5. The first-order valence-corrected chi connectivity index (χ1v) is 10.5. The summed E-state index contributed by atoms with van der Waals surface area (Å²) >= 11 is 0. The summed E-state index contributed by atoms with van der Waals surface area (Å²) in [7, 11) is 4.01. The van der Waals surface area contributed by atoms with Crippen LogP contribution in [0.25, 0.3) is 11.4 Å². The quantitative estimate of drug-likeness (QED) is 0.564. The molecular weight excluding hydrogens is 376 g/mol. The van der Waals surface area contributed by atoms with Gasteiger partial charge in [-0.1, -0.05) is 41.9 Å². The van der Waals surface area contributed by atoms with Crippen molar-refractivity contribution in [2.45, 2.75) is 32.2 Å². The van der Waals surface area contributed by atoms with Crippen LogP contribution in [0.2, 0.25) is 0 Å². The van der Waals surface area contributed by atoms with E-state index in [9.17, 15) is 4.79 Å². The number of hydrogen-bond acceptors (Lipinski definition) is 5. The molecule has 6 heteroatoms. The van der Waals surface area contributed by atoms with Crippen LogP contribution in [0.4, 0.5) is 5.69 Å². The number of carbonyl (C=O) groups is 1. The first kappa shape index (κ1) is 20.1. The molecule has 0 spiro atoms. The van der Waals surface area contributed by atoms with Gasteiger partial charge in [0.1, 0.15) is 0 Å². The number of nitrogens with zero attached hydrogens (tertiary/aromatic N) is 4. The second kappa shape index (κ2) is 9.11. The smallest absolute Gasteiger partial charge is 0.228 e. The second-order valence-electron chi connectivity index (χ2n) is 8.08. The molecule has 6 nitrogen and oxygen atoms in total. The fourth-order valence-electron chi connectivity index (χ4n) is 3.60. The largest absolute Gasteiger partial charge is 0.378 e. The van der Waals surface area contributed by atoms with Crippen molar-refractivity contribution >= 4 is 11.6 Å². The van der Waals surface area contributed by atoms with Gasteiger partial charge in [-0.25, -0.2) is 0 Å². The maximum absolute atomic E-state index is 12.9. The molecule has 0 N–H and O–H groups in total. The Morgan fingerprint density at radius 1 is 1.07 bits per heavy atom. The van der Waals surface area contributed by atoms with Gasteiger partial charge in [0.2, 0.25) is 17.6 Å². The van der Waals surface area contributed by atoms with Crippen LogP contribution in [0, 0.1) is 5.92 Å². The van der Waals surface area contributed by atoms with Gasteiger partial charge in [-0.05, 0) is 42.7 Å². The monoisotopic (exact) mass is 404 g/mol. The number of anilines is 1. The summed E-state index contributed by atoms with van der Waals surface area (Å²) in [6.45, 7) is 1.19. The normalized spacial score (nSPS) is 13.7. The highest BCUT2D eigenvalue weighted by molar-refractivity contribution is 5.79. The summed E-state index contributed by atoms with van der Waals surface area (Å²) in [5, 5.41) is 4.13. The zero-order chi connectivity index (χ0) is 20.9. The van der Waals surface area contributed by atoms with Crippen LogP contribution in [0.3, 0.4) is 0 Å². The Balaban J connectivity index is 1.42. The van der Waals surface area contributed by atoms with E-state index in [-0.39, 0.29) is 11.8 Å². The van der Waals surface area contributed by atoms with E-state index in [0.29, 0.717) is 31.2 Å². The standard InChI is InChI=1S/C24H28N4O2/c1-27(2)21-13-11-19(12-14-21)23-25-22(30-26-23)15-16-28(24(29)20-9-6-10-20)17-18-7-4-3-5-8-18/h3-5,7-8,11-14,20H,6,9-10,15-17H2,1-2H3. The number of benzene rings is 2. The molecule has 1 saturated carbocycles. The maximum atomic E-state index is 12.9. The van der Waals surface area contributed by atoms with Crippen LogP contribution >= 0.6 is 0 Å². The molecule has 1 fully saturated rings. The van der Waals surface area contributed by atoms with Gasteiger partial charge in [-0.15, -0.1) is 0 Å². The average molecular weight is 405 g/mol. The zero-order valence-corrected chi connectivity index (χ0v) is 17.6. The lowest BCUT2D eigenvalue weighted by Gasteiger charge is -2.31. The van der Waals surface area contributed by atoms with E-state index in [2.05, 4.69) is 22.3 Å². The molecule has 156 valence electrons. The number of aromatic nitrogens is 2. The maximum Gasteiger partial charge on any atom is 0.228 e. The van der Waals surface area contributed by atoms with E-state index >= 15 is 0 Å². The van der Waals surface area contributed by atoms with Crippen LogP contribution < -0.4 is 4.90 Å². The van der Waals surface area contributed by atoms with Crippen molar-refractivity contribution in [1.29, 1.82) is 0 Å². The molecule has 1 aliphatic rings. The van der Waals surface area contributed by atoms with Crippen LogP contribution in [0.5, 0.6) is 0 Å². The molecule has 0 unspecified atom stereocenters. The van der Waals surface area contributed by atoms with Gasteiger partial charge in [0.15, 0.2) is 0 Å². The molecule has 1 heterocycles. The molecule has 1 amide bonds. The molecule has 30 heavy (non-hydrogen) atoms. The lowest BCUT2D eigenvalue weighted by molar-refractivity contribution is -0.138. The van der Waals surface area contributed by atoms with Crippen molar-refractivity contribution < 1.29 is 9.32 Å². The summed E-state index contributed by atoms with van der Waals surface area (Å²) in [6, 6.07) is 18.2. The SMILES string of the molecule is CN(C)c1ccc(-c2noc(CCN(Cc3ccccc3)C(=O)C3CCC3)n2)cc1. The third-order valence-corrected chi connectivity index (χ3v) is 5.69. The first-order chi connectivity index (χ1) is 14.6. The van der Waals surface area contributed by atoms with Gasteiger partial charge in [0.25, 0.3) is 0 Å². The summed E-state index contributed by atoms with van der Waals surface area (Å²) < 4.78 is 5.47. The Hall–Kier alpha value is -3.15. The van der Waals surface area contributed by atoms with Crippen LogP contribution in [0.1, 0.15) is 30.7 Å². The van der Waals surface area contributed by atoms with Crippen molar-refractivity contribution in [2.24, 2.45) is 5.92 Å². The molecule has 0 aliphatic heterocycles. The lowest BCUT2D eigenvalue weighted by atomic mass is 9.84. The molecule has 4 rings (SSSR count). The predicted molar refractivity (Wildman–Crippen MR) is 117 cm³/mol. The van der Waals surface area contributed by atoms with E-state index in [1.807, 2.05) is 66.4 Å². The third kappa shape index (κ3) is 4.70. The minimum absolute atomic E-state index is 0.169. The third-order valence-electron chi connectivity index (χ3n) is 5.69. The Labute approximate surface area is 177 Å². The summed E-state index contributed by atoms with van der Waals surface area (Å²) in [5.74, 6) is 1.54. The van der Waals surface area contributed by atoms with Gasteiger partial charge in [-0.3, -0.25) is 4.79 Å². The Morgan fingerprint density at radius 3 is 2.43 bits per heavy atom. The Morgan fingerprint density at radius 2 is 1.80 bits per heavy atom. The van der Waals surface area contributed by atoms with Crippen molar-refractivity contribution in [3.8, 4) is 11.4 Å². The van der Waals surface area contributed by atoms with Gasteiger partial charge in [0.05, 0.1) is 0 Å². The summed E-state index contributed by atoms with van der Waals surface area (Å²) in [4.78, 5) is 21.4. The molecule has 3 aromatic rings. The minimum Gasteiger partial charge on any atom is -0.378 e. The number of amides is 1. The Kier molecular flexibility index (Phi) is 6.12. The number of hydrogen-bond donors (Lipinski definition) is 0. The zero-order valence-electron chi connectivity index (χ0n) is 17.6. The molecule has 0 bridgehead atoms. The van der Waals surface area contributed by atoms with Crippen LogP contribution in [0.15, 0.2) is 59.1 Å². The highest BCUT2D eigenvalue weighted by atomic mass is 16.5. The molecule has 1 aromatic heterocycles. The molecule has 0 atom stereocenters. The van der Waals surface area contributed by atoms with Gasteiger partial charge < -0.3 is 14.3 Å². The topological polar surface area (TPSA) is 62.5 Å². The molecule has 0 radical (unpaired) electrons. The van der Waals surface area contributed by atoms with Crippen molar-refractivity contribution in [3.05, 3.63) is 66.1 Å². The highest BCUT2D eigenvalue weighted by Crippen LogP contribution is 2.29. The summed E-state index contributed by atoms with van der Waals surface area (Å²) in [6.07, 6.45) is 3.69. The second-order valence-corrected chi connectivity index (χ2v) is 8.08. The summed E-state index contributed by atoms with van der Waals surface area (Å²) in [5.41, 5.74) is 3.17. The number of carbonyl (C=O) groups excluding carboxylic acids is 1. The molecule has 0 saturated heterocycles. The molecule has 1 aliphatic carbocycles. The fraction of sp³-hybridized carbons (Fsp3) is 0.375. The Bertz CT molecular complexity index is 962. The lowest BCUT2D eigenvalue weighted by Crippen LogP contribution is -2.39. The van der Waals surface area contributed by atoms with Crippen molar-refractivity contribution in [2.75, 3.05) is 25.5 Å². The highest BCUT2D eigenvalue weighted by Gasteiger charge is 2.29.